The second-order valence-corrected chi connectivity index (χ2v) is 6.25. The van der Waals surface area contributed by atoms with E-state index < -0.39 is 6.10 Å². The minimum absolute atomic E-state index is 0.0621. The summed E-state index contributed by atoms with van der Waals surface area (Å²) in [6.45, 7) is 5.56. The summed E-state index contributed by atoms with van der Waals surface area (Å²) >= 11 is 0. The van der Waals surface area contributed by atoms with E-state index in [1.807, 2.05) is 37.3 Å². The van der Waals surface area contributed by atoms with Gasteiger partial charge in [-0.05, 0) is 38.8 Å². The van der Waals surface area contributed by atoms with Crippen LogP contribution in [0.25, 0.3) is 0 Å². The molecule has 1 aliphatic heterocycles. The van der Waals surface area contributed by atoms with E-state index in [1.54, 1.807) is 6.92 Å². The first-order chi connectivity index (χ1) is 11.6. The number of nitrogens with zero attached hydrogens (tertiary/aromatic N) is 2. The minimum Gasteiger partial charge on any atom is -0.481 e. The number of para-hydroxylation sites is 1. The molecule has 0 bridgehead atoms. The topological polar surface area (TPSA) is 70.2 Å². The molecule has 128 valence electrons. The lowest BCUT2D eigenvalue weighted by molar-refractivity contribution is -0.128. The molecule has 0 aliphatic carbocycles. The standard InChI is InChI=1S/C18H24N4O2/c1-13-12-17(21-20-13)22-10-8-15(9-11-22)19-18(23)14(2)24-16-6-4-3-5-7-16/h3-7,12,14-15H,8-11H2,1-2H3,(H,19,23)(H,20,21)/t14-/m1/s1. The lowest BCUT2D eigenvalue weighted by atomic mass is 10.0. The lowest BCUT2D eigenvalue weighted by Crippen LogP contribution is -2.48. The molecule has 6 nitrogen and oxygen atoms in total. The van der Waals surface area contributed by atoms with Gasteiger partial charge in [-0.2, -0.15) is 5.10 Å². The van der Waals surface area contributed by atoms with Crippen molar-refractivity contribution in [3.63, 3.8) is 0 Å². The van der Waals surface area contributed by atoms with Gasteiger partial charge in [-0.1, -0.05) is 18.2 Å². The molecule has 1 fully saturated rings. The van der Waals surface area contributed by atoms with Crippen LogP contribution >= 0.6 is 0 Å². The number of aromatic amines is 1. The fraction of sp³-hybridized carbons (Fsp3) is 0.444. The van der Waals surface area contributed by atoms with Crippen molar-refractivity contribution in [2.45, 2.75) is 38.8 Å². The van der Waals surface area contributed by atoms with Crippen LogP contribution in [0.1, 0.15) is 25.5 Å². The monoisotopic (exact) mass is 328 g/mol. The van der Waals surface area contributed by atoms with Crippen molar-refractivity contribution >= 4 is 11.7 Å². The maximum Gasteiger partial charge on any atom is 0.260 e. The third-order valence-electron chi connectivity index (χ3n) is 4.28. The van der Waals surface area contributed by atoms with Gasteiger partial charge in [0.2, 0.25) is 0 Å². The summed E-state index contributed by atoms with van der Waals surface area (Å²) in [6, 6.07) is 11.7. The second-order valence-electron chi connectivity index (χ2n) is 6.25. The van der Waals surface area contributed by atoms with E-state index in [2.05, 4.69) is 26.5 Å². The van der Waals surface area contributed by atoms with Crippen LogP contribution in [0.4, 0.5) is 5.82 Å². The number of anilines is 1. The number of benzene rings is 1. The smallest absolute Gasteiger partial charge is 0.260 e. The molecule has 0 radical (unpaired) electrons. The number of H-pyrrole nitrogens is 1. The Hall–Kier alpha value is -2.50. The first-order valence-corrected chi connectivity index (χ1v) is 8.41. The molecule has 1 amide bonds. The molecule has 0 spiro atoms. The van der Waals surface area contributed by atoms with Crippen LogP contribution in [-0.4, -0.2) is 41.3 Å². The Morgan fingerprint density at radius 1 is 1.33 bits per heavy atom. The molecule has 2 heterocycles. The van der Waals surface area contributed by atoms with Crippen molar-refractivity contribution < 1.29 is 9.53 Å². The van der Waals surface area contributed by atoms with E-state index in [0.717, 1.165) is 37.4 Å². The van der Waals surface area contributed by atoms with Crippen LogP contribution in [0.5, 0.6) is 5.75 Å². The Labute approximate surface area is 142 Å². The van der Waals surface area contributed by atoms with Crippen LogP contribution < -0.4 is 15.0 Å². The van der Waals surface area contributed by atoms with Crippen LogP contribution in [-0.2, 0) is 4.79 Å². The van der Waals surface area contributed by atoms with E-state index in [-0.39, 0.29) is 11.9 Å². The summed E-state index contributed by atoms with van der Waals surface area (Å²) in [6.07, 6.45) is 1.32. The first kappa shape index (κ1) is 16.4. The van der Waals surface area contributed by atoms with Gasteiger partial charge in [0.25, 0.3) is 5.91 Å². The van der Waals surface area contributed by atoms with Gasteiger partial charge in [-0.3, -0.25) is 9.89 Å². The second kappa shape index (κ2) is 7.38. The molecule has 0 unspecified atom stereocenters. The molecule has 1 aromatic heterocycles. The Kier molecular flexibility index (Phi) is 5.03. The van der Waals surface area contributed by atoms with E-state index in [0.29, 0.717) is 5.75 Å². The van der Waals surface area contributed by atoms with Crippen LogP contribution in [0.3, 0.4) is 0 Å². The molecule has 0 saturated carbocycles. The zero-order chi connectivity index (χ0) is 16.9. The zero-order valence-electron chi connectivity index (χ0n) is 14.2. The van der Waals surface area contributed by atoms with E-state index in [1.165, 1.54) is 0 Å². The molecule has 2 N–H and O–H groups in total. The van der Waals surface area contributed by atoms with Crippen LogP contribution in [0, 0.1) is 6.92 Å². The maximum atomic E-state index is 12.3. The lowest BCUT2D eigenvalue weighted by Gasteiger charge is -2.32. The van der Waals surface area contributed by atoms with Gasteiger partial charge in [0.15, 0.2) is 11.9 Å². The number of piperidine rings is 1. The Bertz CT molecular complexity index is 663. The summed E-state index contributed by atoms with van der Waals surface area (Å²) in [5, 5.41) is 10.4. The van der Waals surface area contributed by atoms with Crippen molar-refractivity contribution in [1.82, 2.24) is 15.5 Å². The highest BCUT2D eigenvalue weighted by Gasteiger charge is 2.24. The number of ether oxygens (including phenoxy) is 1. The van der Waals surface area contributed by atoms with Gasteiger partial charge in [-0.25, -0.2) is 0 Å². The normalized spacial score (nSPS) is 16.7. The van der Waals surface area contributed by atoms with Gasteiger partial charge < -0.3 is 15.0 Å². The summed E-state index contributed by atoms with van der Waals surface area (Å²) in [7, 11) is 0. The van der Waals surface area contributed by atoms with Gasteiger partial charge in [0.05, 0.1) is 0 Å². The third kappa shape index (κ3) is 4.07. The number of hydrogen-bond acceptors (Lipinski definition) is 4. The van der Waals surface area contributed by atoms with Crippen LogP contribution in [0.2, 0.25) is 0 Å². The Morgan fingerprint density at radius 3 is 2.67 bits per heavy atom. The minimum atomic E-state index is -0.501. The fourth-order valence-electron chi connectivity index (χ4n) is 2.89. The molecular formula is C18H24N4O2. The Morgan fingerprint density at radius 2 is 2.04 bits per heavy atom. The quantitative estimate of drug-likeness (QED) is 0.883. The average Bonchev–Trinajstić information content (AvgIpc) is 3.03. The van der Waals surface area contributed by atoms with E-state index >= 15 is 0 Å². The van der Waals surface area contributed by atoms with Gasteiger partial charge in [-0.15, -0.1) is 0 Å². The SMILES string of the molecule is Cc1cc(N2CCC(NC(=O)[C@@H](C)Oc3ccccc3)CC2)n[nH]1. The molecule has 1 aliphatic rings. The fourth-order valence-corrected chi connectivity index (χ4v) is 2.89. The highest BCUT2D eigenvalue weighted by Crippen LogP contribution is 2.18. The number of carbonyl (C=O) groups is 1. The van der Waals surface area contributed by atoms with Crippen molar-refractivity contribution in [3.05, 3.63) is 42.1 Å². The van der Waals surface area contributed by atoms with Gasteiger partial charge >= 0.3 is 0 Å². The molecule has 1 aromatic carbocycles. The molecular weight excluding hydrogens is 304 g/mol. The number of aryl methyl sites for hydroxylation is 1. The van der Waals surface area contributed by atoms with E-state index in [9.17, 15) is 4.79 Å². The molecule has 2 aromatic rings. The predicted octanol–water partition coefficient (Wildman–Crippen LogP) is 2.27. The maximum absolute atomic E-state index is 12.3. The molecule has 24 heavy (non-hydrogen) atoms. The molecule has 6 heteroatoms. The average molecular weight is 328 g/mol. The predicted molar refractivity (Wildman–Crippen MR) is 93.2 cm³/mol. The van der Waals surface area contributed by atoms with Crippen molar-refractivity contribution in [2.75, 3.05) is 18.0 Å². The van der Waals surface area contributed by atoms with Crippen molar-refractivity contribution in [1.29, 1.82) is 0 Å². The highest BCUT2D eigenvalue weighted by atomic mass is 16.5. The summed E-state index contributed by atoms with van der Waals surface area (Å²) < 4.78 is 5.67. The van der Waals surface area contributed by atoms with Gasteiger partial charge in [0, 0.05) is 30.9 Å². The van der Waals surface area contributed by atoms with Crippen molar-refractivity contribution in [3.8, 4) is 5.75 Å². The summed E-state index contributed by atoms with van der Waals surface area (Å²) in [4.78, 5) is 14.5. The molecule has 1 saturated heterocycles. The van der Waals surface area contributed by atoms with E-state index in [4.69, 9.17) is 4.74 Å². The Balaban J connectivity index is 1.46. The van der Waals surface area contributed by atoms with Crippen molar-refractivity contribution in [2.24, 2.45) is 0 Å². The number of hydrogen-bond donors (Lipinski definition) is 2. The van der Waals surface area contributed by atoms with Crippen LogP contribution in [0.15, 0.2) is 36.4 Å². The number of nitrogens with one attached hydrogen (secondary N) is 2. The molecule has 1 atom stereocenters. The third-order valence-corrected chi connectivity index (χ3v) is 4.28. The summed E-state index contributed by atoms with van der Waals surface area (Å²) in [5.41, 5.74) is 1.06. The summed E-state index contributed by atoms with van der Waals surface area (Å²) in [5.74, 6) is 1.63. The van der Waals surface area contributed by atoms with Gasteiger partial charge in [0.1, 0.15) is 5.75 Å². The number of aromatic nitrogens is 2. The number of rotatable bonds is 5. The first-order valence-electron chi connectivity index (χ1n) is 8.41. The number of amides is 1. The zero-order valence-corrected chi connectivity index (χ0v) is 14.2. The largest absolute Gasteiger partial charge is 0.481 e. The number of carbonyl (C=O) groups excluding carboxylic acids is 1. The molecule has 3 rings (SSSR count). The highest BCUT2D eigenvalue weighted by molar-refractivity contribution is 5.81.